The van der Waals surface area contributed by atoms with Crippen molar-refractivity contribution in [2.45, 2.75) is 25.4 Å². The van der Waals surface area contributed by atoms with Crippen LogP contribution in [0.4, 0.5) is 38.3 Å². The Morgan fingerprint density at radius 2 is 1.83 bits per heavy atom. The van der Waals surface area contributed by atoms with Gasteiger partial charge in [0.25, 0.3) is 0 Å². The normalized spacial score (nSPS) is 13.1. The van der Waals surface area contributed by atoms with Gasteiger partial charge >= 0.3 is 12.2 Å². The second-order valence-corrected chi connectivity index (χ2v) is 7.74. The van der Waals surface area contributed by atoms with Crippen LogP contribution in [0.5, 0.6) is 11.5 Å². The van der Waals surface area contributed by atoms with E-state index in [4.69, 9.17) is 4.74 Å². The van der Waals surface area contributed by atoms with Crippen LogP contribution in [0.1, 0.15) is 23.2 Å². The van der Waals surface area contributed by atoms with E-state index in [1.165, 1.54) is 0 Å². The maximum Gasteiger partial charge on any atom is 0.418 e. The van der Waals surface area contributed by atoms with Gasteiger partial charge in [-0.05, 0) is 37.0 Å². The minimum atomic E-state index is -4.75. The molecule has 3 N–H and O–H groups in total. The molecule has 8 nitrogen and oxygen atoms in total. The van der Waals surface area contributed by atoms with Crippen molar-refractivity contribution in [3.05, 3.63) is 65.1 Å². The van der Waals surface area contributed by atoms with Crippen molar-refractivity contribution in [1.29, 1.82) is 0 Å². The molecule has 1 aliphatic carbocycles. The molecule has 0 unspecified atom stereocenters. The number of anilines is 2. The van der Waals surface area contributed by atoms with Gasteiger partial charge < -0.3 is 15.0 Å². The van der Waals surface area contributed by atoms with Gasteiger partial charge in [0.1, 0.15) is 11.4 Å². The third kappa shape index (κ3) is 4.44. The average molecular weight is 490 g/mol. The van der Waals surface area contributed by atoms with Crippen molar-refractivity contribution in [3.63, 3.8) is 0 Å². The zero-order chi connectivity index (χ0) is 24.7. The number of rotatable bonds is 4. The maximum atomic E-state index is 14.7. The number of hydrogen-bond acceptors (Lipinski definition) is 5. The molecule has 1 aromatic carbocycles. The molecule has 0 aliphatic heterocycles. The molecule has 5 rings (SSSR count). The lowest BCUT2D eigenvalue weighted by atomic mass is 10.2. The van der Waals surface area contributed by atoms with Crippen LogP contribution in [-0.4, -0.2) is 26.2 Å². The van der Waals surface area contributed by atoms with E-state index < -0.39 is 46.3 Å². The minimum Gasteiger partial charge on any atom is -0.450 e. The van der Waals surface area contributed by atoms with Crippen molar-refractivity contribution in [2.75, 3.05) is 10.6 Å². The highest BCUT2D eigenvalue weighted by Crippen LogP contribution is 2.40. The summed E-state index contributed by atoms with van der Waals surface area (Å²) >= 11 is 0. The fourth-order valence-corrected chi connectivity index (χ4v) is 3.84. The van der Waals surface area contributed by atoms with E-state index in [1.54, 1.807) is 6.07 Å². The highest BCUT2D eigenvalue weighted by Gasteiger charge is 2.35. The van der Waals surface area contributed by atoms with Gasteiger partial charge in [-0.25, -0.2) is 18.6 Å². The highest BCUT2D eigenvalue weighted by molar-refractivity contribution is 5.99. The van der Waals surface area contributed by atoms with Crippen LogP contribution < -0.4 is 15.4 Å². The van der Waals surface area contributed by atoms with Crippen LogP contribution in [-0.2, 0) is 19.0 Å². The number of halogens is 5. The van der Waals surface area contributed by atoms with E-state index in [9.17, 15) is 26.7 Å². The fraction of sp³-hybridized carbons (Fsp3) is 0.182. The number of H-pyrrole nitrogens is 1. The summed E-state index contributed by atoms with van der Waals surface area (Å²) in [6, 6.07) is 3.46. The number of amides is 2. The summed E-state index contributed by atoms with van der Waals surface area (Å²) in [6.45, 7) is 0. The number of carbonyl (C=O) groups excluding carboxylic acids is 1. The number of urea groups is 1. The number of aromatic nitrogens is 4. The van der Waals surface area contributed by atoms with Gasteiger partial charge in [0.2, 0.25) is 0 Å². The minimum absolute atomic E-state index is 0.166. The monoisotopic (exact) mass is 490 g/mol. The molecule has 3 heterocycles. The number of ether oxygens (including phenoxy) is 1. The molecule has 180 valence electrons. The predicted molar refractivity (Wildman–Crippen MR) is 114 cm³/mol. The van der Waals surface area contributed by atoms with Crippen LogP contribution in [0.15, 0.2) is 36.7 Å². The zero-order valence-electron chi connectivity index (χ0n) is 17.6. The Kier molecular flexibility index (Phi) is 5.46. The quantitative estimate of drug-likeness (QED) is 0.324. The van der Waals surface area contributed by atoms with E-state index in [0.29, 0.717) is 6.20 Å². The highest BCUT2D eigenvalue weighted by atomic mass is 19.4. The van der Waals surface area contributed by atoms with Crippen molar-refractivity contribution in [3.8, 4) is 11.5 Å². The lowest BCUT2D eigenvalue weighted by Gasteiger charge is -2.13. The summed E-state index contributed by atoms with van der Waals surface area (Å²) in [6.07, 6.45) is -0.356. The number of benzene rings is 1. The molecule has 13 heteroatoms. The number of hydrogen-bond donors (Lipinski definition) is 3. The van der Waals surface area contributed by atoms with Gasteiger partial charge in [0, 0.05) is 30.2 Å². The van der Waals surface area contributed by atoms with E-state index in [-0.39, 0.29) is 17.2 Å². The van der Waals surface area contributed by atoms with Crippen LogP contribution in [0.2, 0.25) is 0 Å². The summed E-state index contributed by atoms with van der Waals surface area (Å²) in [4.78, 5) is 18.4. The third-order valence-corrected chi connectivity index (χ3v) is 5.37. The number of alkyl halides is 3. The molecule has 35 heavy (non-hydrogen) atoms. The first-order valence-electron chi connectivity index (χ1n) is 10.3. The first-order chi connectivity index (χ1) is 16.7. The zero-order valence-corrected chi connectivity index (χ0v) is 17.6. The Bertz CT molecular complexity index is 1430. The first kappa shape index (κ1) is 22.5. The molecule has 0 saturated heterocycles. The van der Waals surface area contributed by atoms with E-state index in [0.717, 1.165) is 54.9 Å². The number of nitrogens with zero attached hydrogens (tertiary/aromatic N) is 3. The largest absolute Gasteiger partial charge is 0.450 e. The first-order valence-corrected chi connectivity index (χ1v) is 10.3. The summed E-state index contributed by atoms with van der Waals surface area (Å²) in [5, 5.41) is 12.2. The topological polar surface area (TPSA) is 105 Å². The molecule has 1 aliphatic rings. The van der Waals surface area contributed by atoms with Crippen LogP contribution in [0.3, 0.4) is 0 Å². The Morgan fingerprint density at radius 3 is 2.57 bits per heavy atom. The molecular weight excluding hydrogens is 475 g/mol. The number of nitrogens with one attached hydrogen (secondary N) is 3. The van der Waals surface area contributed by atoms with Gasteiger partial charge in [-0.3, -0.25) is 5.32 Å². The van der Waals surface area contributed by atoms with E-state index in [1.807, 2.05) is 0 Å². The predicted octanol–water partition coefficient (Wildman–Crippen LogP) is 5.57. The third-order valence-electron chi connectivity index (χ3n) is 5.37. The molecule has 0 bridgehead atoms. The second kappa shape index (κ2) is 8.49. The SMILES string of the molecule is O=C(Nc1cc(F)c(Oc2ccnc3[nH]cc(C(F)(F)F)c23)c(F)c1)Nc1cc2c(nn1)CCC2. The van der Waals surface area contributed by atoms with E-state index in [2.05, 4.69) is 30.8 Å². The molecule has 0 radical (unpaired) electrons. The van der Waals surface area contributed by atoms with Crippen LogP contribution >= 0.6 is 0 Å². The smallest absolute Gasteiger partial charge is 0.418 e. The van der Waals surface area contributed by atoms with Crippen LogP contribution in [0.25, 0.3) is 11.0 Å². The van der Waals surface area contributed by atoms with Crippen molar-refractivity contribution in [1.82, 2.24) is 20.2 Å². The Labute approximate surface area is 193 Å². The van der Waals surface area contributed by atoms with Gasteiger partial charge in [-0.15, -0.1) is 5.10 Å². The fourth-order valence-electron chi connectivity index (χ4n) is 3.84. The second-order valence-electron chi connectivity index (χ2n) is 7.74. The molecule has 0 saturated carbocycles. The van der Waals surface area contributed by atoms with Gasteiger partial charge in [-0.2, -0.15) is 18.3 Å². The molecule has 2 amide bonds. The van der Waals surface area contributed by atoms with Crippen molar-refractivity contribution in [2.24, 2.45) is 0 Å². The summed E-state index contributed by atoms with van der Waals surface area (Å²) in [5.41, 5.74) is 0.317. The summed E-state index contributed by atoms with van der Waals surface area (Å²) in [7, 11) is 0. The number of aryl methyl sites for hydroxylation is 2. The molecule has 0 fully saturated rings. The number of fused-ring (bicyclic) bond motifs is 2. The lowest BCUT2D eigenvalue weighted by Crippen LogP contribution is -2.21. The molecular formula is C22H15F5N6O2. The summed E-state index contributed by atoms with van der Waals surface area (Å²) in [5.74, 6) is -3.70. The van der Waals surface area contributed by atoms with Gasteiger partial charge in [-0.1, -0.05) is 0 Å². The number of carbonyl (C=O) groups is 1. The molecule has 0 atom stereocenters. The maximum absolute atomic E-state index is 14.7. The van der Waals surface area contributed by atoms with E-state index >= 15 is 0 Å². The molecule has 4 aromatic rings. The molecule has 3 aromatic heterocycles. The van der Waals surface area contributed by atoms with Gasteiger partial charge in [0.15, 0.2) is 23.2 Å². The van der Waals surface area contributed by atoms with Crippen molar-refractivity contribution < 1.29 is 31.5 Å². The number of aromatic amines is 1. The Morgan fingerprint density at radius 1 is 1.06 bits per heavy atom. The number of pyridine rings is 1. The average Bonchev–Trinajstić information content (AvgIpc) is 3.43. The molecule has 0 spiro atoms. The Hall–Kier alpha value is -4.29. The van der Waals surface area contributed by atoms with Crippen molar-refractivity contribution >= 4 is 28.6 Å². The summed E-state index contributed by atoms with van der Waals surface area (Å²) < 4.78 is 74.5. The standard InChI is InChI=1S/C22H15F5N6O2/c23-13-7-11(30-21(34)31-17-6-10-2-1-3-15(10)32-33-17)8-14(24)19(13)35-16-4-5-28-20-18(16)12(9-29-20)22(25,26)27/h4-9H,1-3H2,(H,28,29)(H2,30,31,33,34). The van der Waals surface area contributed by atoms with Crippen LogP contribution in [0, 0.1) is 11.6 Å². The lowest BCUT2D eigenvalue weighted by molar-refractivity contribution is -0.136. The Balaban J connectivity index is 1.36. The van der Waals surface area contributed by atoms with Gasteiger partial charge in [0.05, 0.1) is 16.6 Å².